The number of hydrogen-bond acceptors (Lipinski definition) is 7. The molecule has 3 aromatic carbocycles. The van der Waals surface area contributed by atoms with Crippen LogP contribution in [0.4, 0.5) is 0 Å². The molecule has 7 nitrogen and oxygen atoms in total. The Morgan fingerprint density at radius 1 is 1.00 bits per heavy atom. The number of ketones is 1. The van der Waals surface area contributed by atoms with E-state index in [4.69, 9.17) is 30.5 Å². The van der Waals surface area contributed by atoms with Crippen molar-refractivity contribution in [2.75, 3.05) is 20.8 Å². The van der Waals surface area contributed by atoms with Crippen LogP contribution in [0.25, 0.3) is 0 Å². The van der Waals surface area contributed by atoms with Crippen molar-refractivity contribution < 1.29 is 63.2 Å². The minimum atomic E-state index is -1.16. The summed E-state index contributed by atoms with van der Waals surface area (Å²) < 4.78 is 22.1. The SMILES string of the molecule is COc1ccc(CCCC(=O)c2ccc(Oc3cc4c(cc3Cl)C(C(=O)[O-])CCO4)cc2)c(OC)c1.[Na+]. The van der Waals surface area contributed by atoms with Gasteiger partial charge in [-0.15, -0.1) is 0 Å². The van der Waals surface area contributed by atoms with Gasteiger partial charge < -0.3 is 28.8 Å². The van der Waals surface area contributed by atoms with Crippen molar-refractivity contribution in [1.82, 2.24) is 0 Å². The Morgan fingerprint density at radius 2 is 1.73 bits per heavy atom. The summed E-state index contributed by atoms with van der Waals surface area (Å²) in [4.78, 5) is 24.1. The molecule has 1 heterocycles. The van der Waals surface area contributed by atoms with Gasteiger partial charge in [0.25, 0.3) is 0 Å². The molecule has 0 spiro atoms. The maximum absolute atomic E-state index is 12.7. The molecule has 0 fully saturated rings. The second-order valence-electron chi connectivity index (χ2n) is 8.41. The van der Waals surface area contributed by atoms with E-state index in [1.54, 1.807) is 50.6 Å². The first kappa shape index (κ1) is 28.9. The second kappa shape index (κ2) is 13.2. The van der Waals surface area contributed by atoms with E-state index in [2.05, 4.69) is 0 Å². The Kier molecular flexibility index (Phi) is 10.3. The number of fused-ring (bicyclic) bond motifs is 1. The molecule has 0 saturated heterocycles. The molecule has 1 unspecified atom stereocenters. The van der Waals surface area contributed by atoms with Crippen LogP contribution in [0.3, 0.4) is 0 Å². The van der Waals surface area contributed by atoms with Crippen molar-refractivity contribution >= 4 is 23.4 Å². The number of carbonyl (C=O) groups excluding carboxylic acids is 2. The minimum absolute atomic E-state index is 0. The molecule has 0 N–H and O–H groups in total. The Morgan fingerprint density at radius 3 is 2.41 bits per heavy atom. The Labute approximate surface area is 242 Å². The van der Waals surface area contributed by atoms with Gasteiger partial charge in [-0.1, -0.05) is 17.7 Å². The van der Waals surface area contributed by atoms with Crippen LogP contribution < -0.4 is 53.6 Å². The summed E-state index contributed by atoms with van der Waals surface area (Å²) in [6, 6.07) is 15.6. The Hall–Kier alpha value is -2.71. The van der Waals surface area contributed by atoms with Crippen molar-refractivity contribution in [3.63, 3.8) is 0 Å². The average molecular weight is 533 g/mol. The van der Waals surface area contributed by atoms with Gasteiger partial charge in [-0.2, -0.15) is 0 Å². The molecular formula is C28H26ClNaO7. The van der Waals surface area contributed by atoms with Crippen LogP contribution in [0.15, 0.2) is 54.6 Å². The van der Waals surface area contributed by atoms with Crippen molar-refractivity contribution in [2.45, 2.75) is 31.6 Å². The van der Waals surface area contributed by atoms with Crippen LogP contribution in [0.1, 0.15) is 46.7 Å². The molecule has 1 aliphatic heterocycles. The molecule has 188 valence electrons. The van der Waals surface area contributed by atoms with E-state index >= 15 is 0 Å². The molecule has 1 atom stereocenters. The first-order valence-electron chi connectivity index (χ1n) is 11.6. The van der Waals surface area contributed by atoms with Gasteiger partial charge >= 0.3 is 29.6 Å². The number of carbonyl (C=O) groups is 2. The van der Waals surface area contributed by atoms with E-state index in [-0.39, 0.29) is 47.0 Å². The molecule has 9 heteroatoms. The van der Waals surface area contributed by atoms with E-state index in [1.165, 1.54) is 0 Å². The normalized spacial score (nSPS) is 14.0. The fourth-order valence-corrected chi connectivity index (χ4v) is 4.40. The second-order valence-corrected chi connectivity index (χ2v) is 8.82. The monoisotopic (exact) mass is 532 g/mol. The molecule has 1 aliphatic rings. The maximum Gasteiger partial charge on any atom is 1.00 e. The number of carboxylic acids is 1. The van der Waals surface area contributed by atoms with Crippen molar-refractivity contribution in [3.05, 3.63) is 76.3 Å². The zero-order valence-electron chi connectivity index (χ0n) is 21.0. The van der Waals surface area contributed by atoms with Crippen LogP contribution in [-0.2, 0) is 11.2 Å². The van der Waals surface area contributed by atoms with Crippen LogP contribution in [0.5, 0.6) is 28.7 Å². The number of halogens is 1. The summed E-state index contributed by atoms with van der Waals surface area (Å²) in [5.41, 5.74) is 2.08. The largest absolute Gasteiger partial charge is 1.00 e. The van der Waals surface area contributed by atoms with Gasteiger partial charge in [0.2, 0.25) is 0 Å². The number of methoxy groups -OCH3 is 2. The topological polar surface area (TPSA) is 94.1 Å². The third kappa shape index (κ3) is 6.99. The summed E-state index contributed by atoms with van der Waals surface area (Å²) in [6.07, 6.45) is 2.10. The zero-order valence-corrected chi connectivity index (χ0v) is 23.8. The van der Waals surface area contributed by atoms with E-state index in [0.29, 0.717) is 54.1 Å². The average Bonchev–Trinajstić information content (AvgIpc) is 2.89. The van der Waals surface area contributed by atoms with Gasteiger partial charge in [0.1, 0.15) is 28.7 Å². The third-order valence-electron chi connectivity index (χ3n) is 6.14. The molecule has 0 radical (unpaired) electrons. The molecule has 0 aliphatic carbocycles. The summed E-state index contributed by atoms with van der Waals surface area (Å²) in [6.45, 7) is 0.273. The molecule has 0 amide bonds. The van der Waals surface area contributed by atoms with Crippen molar-refractivity contribution in [1.29, 1.82) is 0 Å². The molecular weight excluding hydrogens is 507 g/mol. The van der Waals surface area contributed by atoms with Gasteiger partial charge in [-0.05, 0) is 61.2 Å². The van der Waals surface area contributed by atoms with E-state index in [0.717, 1.165) is 17.1 Å². The molecule has 0 saturated carbocycles. The molecule has 0 bridgehead atoms. The van der Waals surface area contributed by atoms with Crippen molar-refractivity contribution in [2.24, 2.45) is 0 Å². The summed E-state index contributed by atoms with van der Waals surface area (Å²) >= 11 is 6.35. The maximum atomic E-state index is 12.7. The van der Waals surface area contributed by atoms with Crippen LogP contribution in [-0.4, -0.2) is 32.6 Å². The van der Waals surface area contributed by atoms with Crippen LogP contribution in [0.2, 0.25) is 5.02 Å². The number of Topliss-reactive ketones (excluding diaryl/α,β-unsaturated/α-hetero) is 1. The van der Waals surface area contributed by atoms with Gasteiger partial charge in [0, 0.05) is 41.6 Å². The summed E-state index contributed by atoms with van der Waals surface area (Å²) in [5, 5.41) is 11.7. The number of rotatable bonds is 10. The molecule has 3 aromatic rings. The van der Waals surface area contributed by atoms with E-state index in [1.807, 2.05) is 18.2 Å². The quantitative estimate of drug-likeness (QED) is 0.291. The first-order valence-corrected chi connectivity index (χ1v) is 12.0. The predicted octanol–water partition coefficient (Wildman–Crippen LogP) is 1.98. The Balaban J connectivity index is 0.00000380. The number of ether oxygens (including phenoxy) is 4. The van der Waals surface area contributed by atoms with E-state index in [9.17, 15) is 14.7 Å². The molecule has 0 aromatic heterocycles. The summed E-state index contributed by atoms with van der Waals surface area (Å²) in [7, 11) is 3.22. The van der Waals surface area contributed by atoms with Gasteiger partial charge in [0.05, 0.1) is 25.8 Å². The fourth-order valence-electron chi connectivity index (χ4n) is 4.19. The van der Waals surface area contributed by atoms with Crippen LogP contribution in [0, 0.1) is 0 Å². The predicted molar refractivity (Wildman–Crippen MR) is 133 cm³/mol. The summed E-state index contributed by atoms with van der Waals surface area (Å²) in [5.74, 6) is 0.803. The smallest absolute Gasteiger partial charge is 0.549 e. The molecule has 4 rings (SSSR count). The number of benzene rings is 3. The van der Waals surface area contributed by atoms with Crippen LogP contribution >= 0.6 is 11.6 Å². The minimum Gasteiger partial charge on any atom is -0.549 e. The number of hydrogen-bond donors (Lipinski definition) is 0. The molecule has 37 heavy (non-hydrogen) atoms. The van der Waals surface area contributed by atoms with Gasteiger partial charge in [-0.3, -0.25) is 4.79 Å². The van der Waals surface area contributed by atoms with Crippen molar-refractivity contribution in [3.8, 4) is 28.7 Å². The first-order chi connectivity index (χ1) is 17.4. The number of aryl methyl sites for hydroxylation is 1. The van der Waals surface area contributed by atoms with Gasteiger partial charge in [-0.25, -0.2) is 0 Å². The zero-order chi connectivity index (χ0) is 25.7. The van der Waals surface area contributed by atoms with E-state index < -0.39 is 11.9 Å². The standard InChI is InChI=1S/C28H27ClO7.Na/c1-33-20-11-8-18(25(14-20)34-2)4-3-5-24(30)17-6-9-19(10-7-17)36-27-16-26-22(15-23(27)29)21(28(31)32)12-13-35-26;/h6-11,14-16,21H,3-5,12-13H2,1-2H3,(H,31,32);/q;+1/p-1. The fraction of sp³-hybridized carbons (Fsp3) is 0.286. The Bertz CT molecular complexity index is 1260. The number of carboxylic acid groups (broad SMARTS) is 1. The number of aliphatic carboxylic acids is 1. The third-order valence-corrected chi connectivity index (χ3v) is 6.43. The van der Waals surface area contributed by atoms with Gasteiger partial charge in [0.15, 0.2) is 5.78 Å².